The van der Waals surface area contributed by atoms with E-state index in [2.05, 4.69) is 10.3 Å². The Morgan fingerprint density at radius 2 is 2.00 bits per heavy atom. The summed E-state index contributed by atoms with van der Waals surface area (Å²) in [5, 5.41) is 2.52. The van der Waals surface area contributed by atoms with Crippen molar-refractivity contribution >= 4 is 21.5 Å². The normalized spacial score (nSPS) is 15.3. The Morgan fingerprint density at radius 3 is 2.70 bits per heavy atom. The third-order valence-corrected chi connectivity index (χ3v) is 5.58. The van der Waals surface area contributed by atoms with E-state index in [1.807, 2.05) is 0 Å². The highest BCUT2D eigenvalue weighted by atomic mass is 32.2. The van der Waals surface area contributed by atoms with Gasteiger partial charge >= 0.3 is 0 Å². The molecule has 0 bridgehead atoms. The van der Waals surface area contributed by atoms with E-state index < -0.39 is 15.1 Å². The Kier molecular flexibility index (Phi) is 5.70. The number of rotatable bonds is 5. The zero-order valence-electron chi connectivity index (χ0n) is 13.4. The standard InChI is InChI=1S/C15H23N3O4S/c1-11(2)23(19,20)9-6-17-15(16)18-12-4-5-13-14(10-12)22-8-3-7-21-13/h4-5,10-11H,3,6-9H2,1-2H3,(H3,16,17,18). The molecule has 1 aliphatic heterocycles. The van der Waals surface area contributed by atoms with Gasteiger partial charge in [0, 0.05) is 18.2 Å². The summed E-state index contributed by atoms with van der Waals surface area (Å²) in [4.78, 5) is 4.05. The quantitative estimate of drug-likeness (QED) is 0.620. The second-order valence-electron chi connectivity index (χ2n) is 5.52. The predicted octanol–water partition coefficient (Wildman–Crippen LogP) is 1.40. The van der Waals surface area contributed by atoms with Crippen molar-refractivity contribution in [3.05, 3.63) is 18.2 Å². The zero-order valence-corrected chi connectivity index (χ0v) is 14.2. The highest BCUT2D eigenvalue weighted by Gasteiger charge is 2.15. The summed E-state index contributed by atoms with van der Waals surface area (Å²) in [6, 6.07) is 5.40. The number of ether oxygens (including phenoxy) is 2. The van der Waals surface area contributed by atoms with E-state index >= 15 is 0 Å². The minimum atomic E-state index is -3.11. The number of fused-ring (bicyclic) bond motifs is 1. The zero-order chi connectivity index (χ0) is 16.9. The number of hydrogen-bond donors (Lipinski definition) is 2. The first-order chi connectivity index (χ1) is 10.9. The van der Waals surface area contributed by atoms with E-state index in [0.717, 1.165) is 6.42 Å². The molecule has 1 aliphatic rings. The van der Waals surface area contributed by atoms with Crippen molar-refractivity contribution in [3.63, 3.8) is 0 Å². The van der Waals surface area contributed by atoms with E-state index in [-0.39, 0.29) is 18.3 Å². The maximum Gasteiger partial charge on any atom is 0.193 e. The number of nitrogens with one attached hydrogen (secondary N) is 1. The van der Waals surface area contributed by atoms with Gasteiger partial charge in [-0.05, 0) is 26.0 Å². The van der Waals surface area contributed by atoms with Crippen LogP contribution in [0.15, 0.2) is 23.2 Å². The van der Waals surface area contributed by atoms with E-state index in [9.17, 15) is 8.42 Å². The molecule has 0 aliphatic carbocycles. The van der Waals surface area contributed by atoms with E-state index in [4.69, 9.17) is 15.2 Å². The Morgan fingerprint density at radius 1 is 1.30 bits per heavy atom. The van der Waals surface area contributed by atoms with Crippen LogP contribution in [0.5, 0.6) is 11.5 Å². The Hall–Kier alpha value is -1.96. The van der Waals surface area contributed by atoms with Gasteiger partial charge in [-0.3, -0.25) is 4.99 Å². The van der Waals surface area contributed by atoms with Crippen LogP contribution in [0.2, 0.25) is 0 Å². The maximum absolute atomic E-state index is 11.7. The summed E-state index contributed by atoms with van der Waals surface area (Å²) >= 11 is 0. The number of benzene rings is 1. The molecule has 1 heterocycles. The topological polar surface area (TPSA) is 103 Å². The first-order valence-corrected chi connectivity index (χ1v) is 9.28. The van der Waals surface area contributed by atoms with Gasteiger partial charge in [-0.15, -0.1) is 0 Å². The molecular formula is C15H23N3O4S. The van der Waals surface area contributed by atoms with Crippen LogP contribution in [-0.2, 0) is 9.84 Å². The lowest BCUT2D eigenvalue weighted by atomic mass is 10.3. The molecule has 7 nitrogen and oxygen atoms in total. The molecule has 0 saturated heterocycles. The van der Waals surface area contributed by atoms with Crippen LogP contribution in [0.1, 0.15) is 20.3 Å². The third kappa shape index (κ3) is 5.02. The first-order valence-electron chi connectivity index (χ1n) is 7.56. The lowest BCUT2D eigenvalue weighted by Crippen LogP contribution is -2.25. The van der Waals surface area contributed by atoms with Gasteiger partial charge in [-0.2, -0.15) is 0 Å². The number of guanidine groups is 1. The Bertz CT molecular complexity index is 671. The van der Waals surface area contributed by atoms with Crippen LogP contribution in [-0.4, -0.2) is 45.1 Å². The average Bonchev–Trinajstić information content (AvgIpc) is 2.71. The maximum atomic E-state index is 11.7. The molecule has 128 valence electrons. The van der Waals surface area contributed by atoms with Gasteiger partial charge < -0.3 is 20.5 Å². The van der Waals surface area contributed by atoms with Crippen molar-refractivity contribution in [3.8, 4) is 11.5 Å². The van der Waals surface area contributed by atoms with Gasteiger partial charge in [-0.1, -0.05) is 0 Å². The highest BCUT2D eigenvalue weighted by Crippen LogP contribution is 2.32. The monoisotopic (exact) mass is 341 g/mol. The summed E-state index contributed by atoms with van der Waals surface area (Å²) in [7, 11) is -3.11. The van der Waals surface area contributed by atoms with Crippen molar-refractivity contribution in [2.75, 3.05) is 30.8 Å². The molecule has 0 aromatic heterocycles. The average molecular weight is 341 g/mol. The molecule has 23 heavy (non-hydrogen) atoms. The van der Waals surface area contributed by atoms with Crippen LogP contribution in [0.3, 0.4) is 0 Å². The minimum Gasteiger partial charge on any atom is -0.490 e. The van der Waals surface area contributed by atoms with Gasteiger partial charge in [0.05, 0.1) is 30.8 Å². The van der Waals surface area contributed by atoms with Crippen molar-refractivity contribution < 1.29 is 17.9 Å². The van der Waals surface area contributed by atoms with Crippen LogP contribution >= 0.6 is 0 Å². The van der Waals surface area contributed by atoms with Crippen LogP contribution < -0.4 is 20.5 Å². The summed E-state index contributed by atoms with van der Waals surface area (Å²) < 4.78 is 34.6. The van der Waals surface area contributed by atoms with Crippen molar-refractivity contribution in [2.45, 2.75) is 25.5 Å². The number of aliphatic imine (C=N–C) groups is 1. The van der Waals surface area contributed by atoms with Crippen LogP contribution in [0, 0.1) is 0 Å². The molecule has 1 aromatic rings. The second-order valence-corrected chi connectivity index (χ2v) is 8.20. The molecule has 0 atom stereocenters. The van der Waals surface area contributed by atoms with Gasteiger partial charge in [-0.25, -0.2) is 8.42 Å². The molecular weight excluding hydrogens is 318 g/mol. The highest BCUT2D eigenvalue weighted by molar-refractivity contribution is 7.92. The number of nitrogens with two attached hydrogens (primary N) is 1. The minimum absolute atomic E-state index is 0.0197. The lowest BCUT2D eigenvalue weighted by Gasteiger charge is -2.11. The largest absolute Gasteiger partial charge is 0.490 e. The molecule has 0 fully saturated rings. The van der Waals surface area contributed by atoms with Crippen LogP contribution in [0.4, 0.5) is 5.69 Å². The molecule has 0 amide bonds. The van der Waals surface area contributed by atoms with Gasteiger partial charge in [0.25, 0.3) is 0 Å². The van der Waals surface area contributed by atoms with E-state index in [0.29, 0.717) is 30.4 Å². The molecule has 1 aromatic carbocycles. The summed E-state index contributed by atoms with van der Waals surface area (Å²) in [6.45, 7) is 4.67. The SMILES string of the molecule is CC(C)S(=O)(=O)CCN=C(N)Nc1ccc2c(c1)OCCCO2. The fourth-order valence-corrected chi connectivity index (χ4v) is 2.77. The van der Waals surface area contributed by atoms with E-state index in [1.54, 1.807) is 32.0 Å². The molecule has 0 unspecified atom stereocenters. The number of nitrogens with zero attached hydrogens (tertiary/aromatic N) is 1. The lowest BCUT2D eigenvalue weighted by molar-refractivity contribution is 0.297. The van der Waals surface area contributed by atoms with Crippen molar-refractivity contribution in [2.24, 2.45) is 10.7 Å². The third-order valence-electron chi connectivity index (χ3n) is 3.40. The van der Waals surface area contributed by atoms with Gasteiger partial charge in [0.15, 0.2) is 27.3 Å². The molecule has 0 radical (unpaired) electrons. The second kappa shape index (κ2) is 7.54. The first kappa shape index (κ1) is 17.4. The number of sulfone groups is 1. The van der Waals surface area contributed by atoms with Crippen LogP contribution in [0.25, 0.3) is 0 Å². The summed E-state index contributed by atoms with van der Waals surface area (Å²) in [5.41, 5.74) is 6.50. The van der Waals surface area contributed by atoms with Crippen molar-refractivity contribution in [1.29, 1.82) is 0 Å². The Labute approximate surface area is 136 Å². The fraction of sp³-hybridized carbons (Fsp3) is 0.533. The summed E-state index contributed by atoms with van der Waals surface area (Å²) in [5.74, 6) is 1.50. The van der Waals surface area contributed by atoms with E-state index in [1.165, 1.54) is 0 Å². The summed E-state index contributed by atoms with van der Waals surface area (Å²) in [6.07, 6.45) is 0.839. The number of hydrogen-bond acceptors (Lipinski definition) is 5. The molecule has 3 N–H and O–H groups in total. The predicted molar refractivity (Wildman–Crippen MR) is 91.1 cm³/mol. The molecule has 8 heteroatoms. The Balaban J connectivity index is 1.96. The van der Waals surface area contributed by atoms with Gasteiger partial charge in [0.1, 0.15) is 0 Å². The van der Waals surface area contributed by atoms with Gasteiger partial charge in [0.2, 0.25) is 0 Å². The molecule has 0 spiro atoms. The molecule has 0 saturated carbocycles. The van der Waals surface area contributed by atoms with Crippen molar-refractivity contribution in [1.82, 2.24) is 0 Å². The molecule has 2 rings (SSSR count). The number of anilines is 1. The fourth-order valence-electron chi connectivity index (χ4n) is 1.96. The smallest absolute Gasteiger partial charge is 0.193 e.